The van der Waals surface area contributed by atoms with Crippen LogP contribution in [0.15, 0.2) is 30.5 Å². The Hall–Kier alpha value is -2.62. The lowest BCUT2D eigenvalue weighted by atomic mass is 10.2. The Morgan fingerprint density at radius 3 is 2.52 bits per heavy atom. The Kier molecular flexibility index (Phi) is 5.09. The van der Waals surface area contributed by atoms with Crippen LogP contribution in [0.1, 0.15) is 16.9 Å². The molecule has 1 N–H and O–H groups in total. The number of nitrogens with zero attached hydrogens (tertiary/aromatic N) is 2. The fourth-order valence-corrected chi connectivity index (χ4v) is 4.57. The molecule has 1 unspecified atom stereocenters. The molecular formula is C17H16F3N3O3S. The molecule has 1 atom stereocenters. The molecule has 2 aromatic rings. The molecule has 144 valence electrons. The number of hydrogen-bond donors (Lipinski definition) is 1. The highest BCUT2D eigenvalue weighted by atomic mass is 32.2. The van der Waals surface area contributed by atoms with Crippen LogP contribution in [-0.2, 0) is 9.84 Å². The van der Waals surface area contributed by atoms with Gasteiger partial charge in [-0.15, -0.1) is 0 Å². The van der Waals surface area contributed by atoms with Gasteiger partial charge in [-0.05, 0) is 30.7 Å². The first-order chi connectivity index (χ1) is 12.7. The van der Waals surface area contributed by atoms with Gasteiger partial charge in [-0.25, -0.2) is 26.6 Å². The largest absolute Gasteiger partial charge is 0.352 e. The maximum Gasteiger partial charge on any atom is 0.272 e. The fourth-order valence-electron chi connectivity index (χ4n) is 2.80. The van der Waals surface area contributed by atoms with Crippen LogP contribution in [-0.4, -0.2) is 48.8 Å². The highest BCUT2D eigenvalue weighted by molar-refractivity contribution is 7.91. The van der Waals surface area contributed by atoms with Gasteiger partial charge in [-0.1, -0.05) is 0 Å². The number of aromatic nitrogens is 1. The second kappa shape index (κ2) is 7.18. The Labute approximate surface area is 153 Å². The quantitative estimate of drug-likeness (QED) is 0.800. The highest BCUT2D eigenvalue weighted by Gasteiger charge is 2.33. The van der Waals surface area contributed by atoms with Crippen molar-refractivity contribution in [2.24, 2.45) is 0 Å². The molecule has 1 aromatic heterocycles. The molecule has 0 bridgehead atoms. The third-order valence-corrected chi connectivity index (χ3v) is 6.12. The molecule has 2 heterocycles. The van der Waals surface area contributed by atoms with Gasteiger partial charge in [0.05, 0.1) is 29.1 Å². The first-order valence-electron chi connectivity index (χ1n) is 8.02. The van der Waals surface area contributed by atoms with Crippen molar-refractivity contribution in [2.75, 3.05) is 23.9 Å². The maximum absolute atomic E-state index is 13.7. The zero-order valence-corrected chi connectivity index (χ0v) is 15.1. The van der Waals surface area contributed by atoms with Crippen LogP contribution in [0, 0.1) is 17.5 Å². The number of amides is 1. The molecule has 1 aliphatic rings. The molecule has 0 spiro atoms. The molecule has 27 heavy (non-hydrogen) atoms. The van der Waals surface area contributed by atoms with Crippen molar-refractivity contribution < 1.29 is 26.4 Å². The number of halogens is 3. The van der Waals surface area contributed by atoms with E-state index in [0.29, 0.717) is 6.42 Å². The number of nitrogens with one attached hydrogen (secondary N) is 1. The van der Waals surface area contributed by atoms with Crippen molar-refractivity contribution in [2.45, 2.75) is 12.5 Å². The second-order valence-corrected chi connectivity index (χ2v) is 8.48. The maximum atomic E-state index is 13.7. The summed E-state index contributed by atoms with van der Waals surface area (Å²) < 4.78 is 63.0. The van der Waals surface area contributed by atoms with Crippen LogP contribution in [0.4, 0.5) is 24.5 Å². The molecule has 1 fully saturated rings. The molecule has 1 saturated heterocycles. The summed E-state index contributed by atoms with van der Waals surface area (Å²) in [6, 6.07) is 4.23. The Bertz CT molecular complexity index is 981. The normalized spacial score (nSPS) is 18.3. The van der Waals surface area contributed by atoms with Gasteiger partial charge in [-0.2, -0.15) is 0 Å². The lowest BCUT2D eigenvalue weighted by Crippen LogP contribution is -2.38. The van der Waals surface area contributed by atoms with Gasteiger partial charge < -0.3 is 10.2 Å². The predicted molar refractivity (Wildman–Crippen MR) is 93.0 cm³/mol. The number of pyridine rings is 1. The fraction of sp³-hybridized carbons (Fsp3) is 0.294. The minimum Gasteiger partial charge on any atom is -0.352 e. The third kappa shape index (κ3) is 4.05. The van der Waals surface area contributed by atoms with Crippen LogP contribution >= 0.6 is 0 Å². The molecule has 0 saturated carbocycles. The van der Waals surface area contributed by atoms with Gasteiger partial charge in [0.25, 0.3) is 5.91 Å². The SMILES string of the molecule is CN(C(=O)c1ccc(Nc2ccc(F)c(F)c2F)cn1)C1CCS(=O)(=O)C1. The number of benzene rings is 1. The Morgan fingerprint density at radius 2 is 1.93 bits per heavy atom. The van der Waals surface area contributed by atoms with E-state index in [4.69, 9.17) is 0 Å². The number of hydrogen-bond acceptors (Lipinski definition) is 5. The van der Waals surface area contributed by atoms with E-state index in [1.54, 1.807) is 0 Å². The standard InChI is InChI=1S/C17H16F3N3O3S/c1-23(11-6-7-27(25,26)9-11)17(24)14-4-2-10(8-21-14)22-13-5-3-12(18)15(19)16(13)20/h2-5,8,11,22H,6-7,9H2,1H3. The zero-order chi connectivity index (χ0) is 19.8. The van der Waals surface area contributed by atoms with Crippen LogP contribution in [0.2, 0.25) is 0 Å². The lowest BCUT2D eigenvalue weighted by molar-refractivity contribution is 0.0742. The van der Waals surface area contributed by atoms with E-state index in [-0.39, 0.29) is 28.6 Å². The summed E-state index contributed by atoms with van der Waals surface area (Å²) in [5, 5.41) is 2.55. The van der Waals surface area contributed by atoms with Gasteiger partial charge >= 0.3 is 0 Å². The summed E-state index contributed by atoms with van der Waals surface area (Å²) >= 11 is 0. The van der Waals surface area contributed by atoms with Gasteiger partial charge in [0.15, 0.2) is 27.3 Å². The highest BCUT2D eigenvalue weighted by Crippen LogP contribution is 2.24. The minimum absolute atomic E-state index is 0.0470. The van der Waals surface area contributed by atoms with Crippen molar-refractivity contribution in [3.8, 4) is 0 Å². The second-order valence-electron chi connectivity index (χ2n) is 6.25. The third-order valence-electron chi connectivity index (χ3n) is 4.37. The van der Waals surface area contributed by atoms with E-state index in [0.717, 1.165) is 12.1 Å². The molecule has 0 aliphatic carbocycles. The van der Waals surface area contributed by atoms with Gasteiger partial charge in [0.1, 0.15) is 5.69 Å². The number of rotatable bonds is 4. The van der Waals surface area contributed by atoms with Crippen LogP contribution in [0.25, 0.3) is 0 Å². The Morgan fingerprint density at radius 1 is 1.19 bits per heavy atom. The van der Waals surface area contributed by atoms with E-state index < -0.39 is 39.2 Å². The van der Waals surface area contributed by atoms with Crippen molar-refractivity contribution in [3.05, 3.63) is 53.6 Å². The van der Waals surface area contributed by atoms with Crippen LogP contribution < -0.4 is 5.32 Å². The van der Waals surface area contributed by atoms with Gasteiger partial charge in [0, 0.05) is 13.1 Å². The summed E-state index contributed by atoms with van der Waals surface area (Å²) in [5.74, 6) is -4.72. The van der Waals surface area contributed by atoms with Crippen molar-refractivity contribution >= 4 is 27.1 Å². The zero-order valence-electron chi connectivity index (χ0n) is 14.2. The van der Waals surface area contributed by atoms with Crippen molar-refractivity contribution in [1.29, 1.82) is 0 Å². The monoisotopic (exact) mass is 399 g/mol. The summed E-state index contributed by atoms with van der Waals surface area (Å²) in [6.45, 7) is 0. The van der Waals surface area contributed by atoms with Gasteiger partial charge in [-0.3, -0.25) is 4.79 Å². The van der Waals surface area contributed by atoms with Gasteiger partial charge in [0.2, 0.25) is 0 Å². The molecule has 10 heteroatoms. The van der Waals surface area contributed by atoms with E-state index in [9.17, 15) is 26.4 Å². The number of carbonyl (C=O) groups excluding carboxylic acids is 1. The van der Waals surface area contributed by atoms with Crippen LogP contribution in [0.5, 0.6) is 0 Å². The van der Waals surface area contributed by atoms with E-state index in [1.165, 1.54) is 30.3 Å². The molecule has 3 rings (SSSR count). The molecule has 6 nitrogen and oxygen atoms in total. The average molecular weight is 399 g/mol. The Balaban J connectivity index is 1.72. The summed E-state index contributed by atoms with van der Waals surface area (Å²) in [4.78, 5) is 17.8. The first kappa shape index (κ1) is 19.2. The lowest BCUT2D eigenvalue weighted by Gasteiger charge is -2.23. The topological polar surface area (TPSA) is 79.4 Å². The number of carbonyl (C=O) groups is 1. The van der Waals surface area contributed by atoms with Crippen LogP contribution in [0.3, 0.4) is 0 Å². The first-order valence-corrected chi connectivity index (χ1v) is 9.84. The molecule has 1 aliphatic heterocycles. The number of sulfone groups is 1. The van der Waals surface area contributed by atoms with Crippen molar-refractivity contribution in [1.82, 2.24) is 9.88 Å². The molecule has 1 amide bonds. The minimum atomic E-state index is -3.13. The predicted octanol–water partition coefficient (Wildman–Crippen LogP) is 2.50. The van der Waals surface area contributed by atoms with E-state index in [1.807, 2.05) is 0 Å². The van der Waals surface area contributed by atoms with Crippen molar-refractivity contribution in [3.63, 3.8) is 0 Å². The molecular weight excluding hydrogens is 383 g/mol. The van der Waals surface area contributed by atoms with E-state index >= 15 is 0 Å². The average Bonchev–Trinajstić information content (AvgIpc) is 3.01. The van der Waals surface area contributed by atoms with E-state index in [2.05, 4.69) is 10.3 Å². The smallest absolute Gasteiger partial charge is 0.272 e. The summed E-state index contributed by atoms with van der Waals surface area (Å²) in [5.41, 5.74) is 0.0729. The molecule has 0 radical (unpaired) electrons. The summed E-state index contributed by atoms with van der Waals surface area (Å²) in [6.07, 6.45) is 1.62. The molecule has 1 aromatic carbocycles. The number of anilines is 2. The summed E-state index contributed by atoms with van der Waals surface area (Å²) in [7, 11) is -1.61.